The van der Waals surface area contributed by atoms with Crippen molar-refractivity contribution in [2.45, 2.75) is 20.3 Å². The Balaban J connectivity index is 2.52. The number of aryl methyl sites for hydroxylation is 1. The van der Waals surface area contributed by atoms with Gasteiger partial charge in [-0.05, 0) is 25.5 Å². The Bertz CT molecular complexity index is 651. The minimum absolute atomic E-state index is 0.245. The first kappa shape index (κ1) is 15.3. The summed E-state index contributed by atoms with van der Waals surface area (Å²) in [6.45, 7) is 4.27. The van der Waals surface area contributed by atoms with Crippen LogP contribution in [0.25, 0.3) is 10.6 Å². The lowest BCUT2D eigenvalue weighted by Crippen LogP contribution is -1.99. The predicted molar refractivity (Wildman–Crippen MR) is 81.6 cm³/mol. The first-order valence-electron chi connectivity index (χ1n) is 6.59. The molecule has 0 spiro atoms. The number of thiazole rings is 1. The minimum Gasteiger partial charge on any atom is -0.493 e. The smallest absolute Gasteiger partial charge is 0.347 e. The van der Waals surface area contributed by atoms with Gasteiger partial charge >= 0.3 is 5.97 Å². The third-order valence-corrected chi connectivity index (χ3v) is 4.05. The molecular weight excluding hydrogens is 290 g/mol. The molecule has 5 nitrogen and oxygen atoms in total. The van der Waals surface area contributed by atoms with Crippen molar-refractivity contribution in [3.05, 3.63) is 28.8 Å². The molecular formula is C15H17NO4S. The molecule has 0 saturated carbocycles. The summed E-state index contributed by atoms with van der Waals surface area (Å²) < 4.78 is 11.1. The van der Waals surface area contributed by atoms with Gasteiger partial charge in [0.2, 0.25) is 0 Å². The van der Waals surface area contributed by atoms with E-state index in [1.807, 2.05) is 25.1 Å². The second-order valence-corrected chi connectivity index (χ2v) is 5.42. The molecule has 1 aromatic heterocycles. The van der Waals surface area contributed by atoms with Gasteiger partial charge in [0.15, 0.2) is 11.5 Å². The van der Waals surface area contributed by atoms with Crippen LogP contribution in [0.15, 0.2) is 18.2 Å². The molecule has 0 aliphatic heterocycles. The van der Waals surface area contributed by atoms with Crippen molar-refractivity contribution in [1.29, 1.82) is 0 Å². The fourth-order valence-electron chi connectivity index (χ4n) is 1.91. The van der Waals surface area contributed by atoms with E-state index in [1.165, 1.54) is 0 Å². The summed E-state index contributed by atoms with van der Waals surface area (Å²) >= 11 is 1.14. The largest absolute Gasteiger partial charge is 0.493 e. The number of rotatable bonds is 6. The first-order valence-corrected chi connectivity index (χ1v) is 7.41. The van der Waals surface area contributed by atoms with Crippen LogP contribution in [0.4, 0.5) is 0 Å². The Morgan fingerprint density at radius 3 is 2.76 bits per heavy atom. The Morgan fingerprint density at radius 1 is 1.43 bits per heavy atom. The van der Waals surface area contributed by atoms with Crippen LogP contribution >= 0.6 is 11.3 Å². The fraction of sp³-hybridized carbons (Fsp3) is 0.333. The SMILES string of the molecule is CCCOc1c(OC)cccc1-c1nc(C)c(C(=O)O)s1. The second-order valence-electron chi connectivity index (χ2n) is 4.42. The summed E-state index contributed by atoms with van der Waals surface area (Å²) in [7, 11) is 1.58. The quantitative estimate of drug-likeness (QED) is 0.883. The van der Waals surface area contributed by atoms with E-state index in [0.717, 1.165) is 23.3 Å². The van der Waals surface area contributed by atoms with E-state index >= 15 is 0 Å². The van der Waals surface area contributed by atoms with Gasteiger partial charge in [-0.3, -0.25) is 0 Å². The molecule has 0 fully saturated rings. The maximum absolute atomic E-state index is 11.2. The van der Waals surface area contributed by atoms with E-state index in [-0.39, 0.29) is 4.88 Å². The van der Waals surface area contributed by atoms with Gasteiger partial charge in [-0.2, -0.15) is 0 Å². The molecule has 2 rings (SSSR count). The van der Waals surface area contributed by atoms with Crippen molar-refractivity contribution in [3.8, 4) is 22.1 Å². The maximum Gasteiger partial charge on any atom is 0.347 e. The van der Waals surface area contributed by atoms with Crippen LogP contribution in [0.1, 0.15) is 28.7 Å². The number of carbonyl (C=O) groups is 1. The highest BCUT2D eigenvalue weighted by Crippen LogP contribution is 2.40. The van der Waals surface area contributed by atoms with Gasteiger partial charge in [-0.15, -0.1) is 11.3 Å². The van der Waals surface area contributed by atoms with Crippen LogP contribution in [0.5, 0.6) is 11.5 Å². The van der Waals surface area contributed by atoms with Gasteiger partial charge in [0, 0.05) is 0 Å². The Hall–Kier alpha value is -2.08. The van der Waals surface area contributed by atoms with Crippen molar-refractivity contribution in [2.75, 3.05) is 13.7 Å². The van der Waals surface area contributed by atoms with Gasteiger partial charge in [-0.25, -0.2) is 9.78 Å². The fourth-order valence-corrected chi connectivity index (χ4v) is 2.84. The zero-order valence-electron chi connectivity index (χ0n) is 12.2. The maximum atomic E-state index is 11.2. The van der Waals surface area contributed by atoms with Gasteiger partial charge in [0.25, 0.3) is 0 Å². The zero-order valence-corrected chi connectivity index (χ0v) is 13.0. The normalized spacial score (nSPS) is 10.4. The van der Waals surface area contributed by atoms with Crippen LogP contribution in [-0.2, 0) is 0 Å². The molecule has 112 valence electrons. The Labute approximate surface area is 127 Å². The van der Waals surface area contributed by atoms with Crippen molar-refractivity contribution >= 4 is 17.3 Å². The van der Waals surface area contributed by atoms with Crippen molar-refractivity contribution in [3.63, 3.8) is 0 Å². The van der Waals surface area contributed by atoms with Crippen molar-refractivity contribution in [1.82, 2.24) is 4.98 Å². The third-order valence-electron chi connectivity index (χ3n) is 2.87. The average Bonchev–Trinajstić information content (AvgIpc) is 2.86. The summed E-state index contributed by atoms with van der Waals surface area (Å²) in [5, 5.41) is 9.77. The lowest BCUT2D eigenvalue weighted by atomic mass is 10.2. The molecule has 21 heavy (non-hydrogen) atoms. The van der Waals surface area contributed by atoms with Crippen molar-refractivity contribution in [2.24, 2.45) is 0 Å². The Morgan fingerprint density at radius 2 is 2.19 bits per heavy atom. The van der Waals surface area contributed by atoms with Crippen LogP contribution in [0.3, 0.4) is 0 Å². The number of para-hydroxylation sites is 1. The zero-order chi connectivity index (χ0) is 15.4. The van der Waals surface area contributed by atoms with Gasteiger partial charge in [-0.1, -0.05) is 13.0 Å². The van der Waals surface area contributed by atoms with E-state index in [0.29, 0.717) is 28.8 Å². The number of carboxylic acid groups (broad SMARTS) is 1. The van der Waals surface area contributed by atoms with Gasteiger partial charge < -0.3 is 14.6 Å². The van der Waals surface area contributed by atoms with Gasteiger partial charge in [0.1, 0.15) is 9.88 Å². The number of nitrogens with zero attached hydrogens (tertiary/aromatic N) is 1. The molecule has 0 aliphatic rings. The number of carboxylic acids is 1. The molecule has 0 bridgehead atoms. The lowest BCUT2D eigenvalue weighted by Gasteiger charge is -2.13. The van der Waals surface area contributed by atoms with Crippen LogP contribution < -0.4 is 9.47 Å². The van der Waals surface area contributed by atoms with E-state index in [1.54, 1.807) is 14.0 Å². The standard InChI is InChI=1S/C15H17NO4S/c1-4-8-20-12-10(6-5-7-11(12)19-3)14-16-9(2)13(21-14)15(17)18/h5-7H,4,8H2,1-3H3,(H,17,18). The number of aromatic nitrogens is 1. The van der Waals surface area contributed by atoms with Crippen LogP contribution in [-0.4, -0.2) is 29.8 Å². The summed E-state index contributed by atoms with van der Waals surface area (Å²) in [4.78, 5) is 15.8. The van der Waals surface area contributed by atoms with Gasteiger partial charge in [0.05, 0.1) is 25.0 Å². The lowest BCUT2D eigenvalue weighted by molar-refractivity contribution is 0.0701. The summed E-state index contributed by atoms with van der Waals surface area (Å²) in [6, 6.07) is 5.51. The third kappa shape index (κ3) is 3.16. The highest BCUT2D eigenvalue weighted by Gasteiger charge is 2.19. The topological polar surface area (TPSA) is 68.7 Å². The summed E-state index contributed by atoms with van der Waals surface area (Å²) in [6.07, 6.45) is 0.870. The average molecular weight is 307 g/mol. The molecule has 0 amide bonds. The number of hydrogen-bond donors (Lipinski definition) is 1. The molecule has 0 radical (unpaired) electrons. The van der Waals surface area contributed by atoms with E-state index < -0.39 is 5.97 Å². The van der Waals surface area contributed by atoms with Crippen LogP contribution in [0.2, 0.25) is 0 Å². The summed E-state index contributed by atoms with van der Waals surface area (Å²) in [5.74, 6) is 0.258. The predicted octanol–water partition coefficient (Wildman–Crippen LogP) is 3.61. The number of aromatic carboxylic acids is 1. The molecule has 2 aromatic rings. The summed E-state index contributed by atoms with van der Waals surface area (Å²) in [5.41, 5.74) is 1.26. The van der Waals surface area contributed by atoms with Crippen LogP contribution in [0, 0.1) is 6.92 Å². The molecule has 0 aliphatic carbocycles. The van der Waals surface area contributed by atoms with Crippen molar-refractivity contribution < 1.29 is 19.4 Å². The molecule has 0 atom stereocenters. The number of benzene rings is 1. The van der Waals surface area contributed by atoms with E-state index in [2.05, 4.69) is 4.98 Å². The molecule has 0 saturated heterocycles. The molecule has 1 aromatic carbocycles. The number of hydrogen-bond acceptors (Lipinski definition) is 5. The van der Waals surface area contributed by atoms with E-state index in [9.17, 15) is 4.79 Å². The molecule has 1 N–H and O–H groups in total. The monoisotopic (exact) mass is 307 g/mol. The Kier molecular flexibility index (Phi) is 4.80. The molecule has 1 heterocycles. The number of methoxy groups -OCH3 is 1. The molecule has 6 heteroatoms. The number of ether oxygens (including phenoxy) is 2. The molecule has 0 unspecified atom stereocenters. The highest BCUT2D eigenvalue weighted by molar-refractivity contribution is 7.17. The minimum atomic E-state index is -0.963. The second kappa shape index (κ2) is 6.58. The highest BCUT2D eigenvalue weighted by atomic mass is 32.1. The first-order chi connectivity index (χ1) is 10.1. The van der Waals surface area contributed by atoms with E-state index in [4.69, 9.17) is 14.6 Å².